The minimum Gasteiger partial charge on any atom is -0.338 e. The van der Waals surface area contributed by atoms with Crippen LogP contribution in [0.4, 0.5) is 0 Å². The van der Waals surface area contributed by atoms with Crippen LogP contribution in [0.25, 0.3) is 0 Å². The number of benzene rings is 1. The summed E-state index contributed by atoms with van der Waals surface area (Å²) in [5.41, 5.74) is 0.494. The van der Waals surface area contributed by atoms with E-state index in [2.05, 4.69) is 18.9 Å². The molecule has 1 saturated heterocycles. The molecule has 1 saturated carbocycles. The van der Waals surface area contributed by atoms with E-state index in [1.807, 2.05) is 17.0 Å². The van der Waals surface area contributed by atoms with Gasteiger partial charge in [0.1, 0.15) is 0 Å². The molecule has 6 heteroatoms. The van der Waals surface area contributed by atoms with E-state index in [9.17, 15) is 13.2 Å². The van der Waals surface area contributed by atoms with Gasteiger partial charge >= 0.3 is 0 Å². The lowest BCUT2D eigenvalue weighted by molar-refractivity contribution is -0.142. The molecule has 2 fully saturated rings. The summed E-state index contributed by atoms with van der Waals surface area (Å²) in [5.74, 6) is 0.216. The number of sulfone groups is 1. The van der Waals surface area contributed by atoms with Crippen LogP contribution in [0.2, 0.25) is 0 Å². The van der Waals surface area contributed by atoms with Crippen LogP contribution in [0.1, 0.15) is 38.2 Å². The van der Waals surface area contributed by atoms with Crippen molar-refractivity contribution >= 4 is 15.7 Å². The van der Waals surface area contributed by atoms with Crippen molar-refractivity contribution in [2.45, 2.75) is 49.0 Å². The Bertz CT molecular complexity index is 738. The number of likely N-dealkylation sites (N-methyl/N-ethyl adjacent to an activating group) is 1. The van der Waals surface area contributed by atoms with E-state index in [-0.39, 0.29) is 11.9 Å². The van der Waals surface area contributed by atoms with Gasteiger partial charge in [-0.15, -0.1) is 0 Å². The molecule has 1 aliphatic carbocycles. The summed E-state index contributed by atoms with van der Waals surface area (Å²) in [5, 5.41) is 0. The molecule has 0 bridgehead atoms. The van der Waals surface area contributed by atoms with E-state index in [1.54, 1.807) is 12.1 Å². The van der Waals surface area contributed by atoms with Gasteiger partial charge in [-0.3, -0.25) is 4.79 Å². The van der Waals surface area contributed by atoms with Gasteiger partial charge in [0.2, 0.25) is 5.91 Å². The fourth-order valence-corrected chi connectivity index (χ4v) is 4.76. The molecule has 1 amide bonds. The maximum absolute atomic E-state index is 13.4. The molecule has 138 valence electrons. The third-order valence-electron chi connectivity index (χ3n) is 5.76. The first-order valence-electron chi connectivity index (χ1n) is 9.04. The van der Waals surface area contributed by atoms with Gasteiger partial charge in [-0.2, -0.15) is 0 Å². The summed E-state index contributed by atoms with van der Waals surface area (Å²) in [6.45, 7) is 4.84. The number of hydrogen-bond donors (Lipinski definition) is 0. The van der Waals surface area contributed by atoms with Crippen molar-refractivity contribution in [1.82, 2.24) is 9.80 Å². The lowest BCUT2D eigenvalue weighted by Gasteiger charge is -2.45. The number of nitrogens with zero attached hydrogens (tertiary/aromatic N) is 2. The van der Waals surface area contributed by atoms with Crippen molar-refractivity contribution in [2.24, 2.45) is 0 Å². The number of amides is 1. The van der Waals surface area contributed by atoms with E-state index in [0.29, 0.717) is 4.90 Å². The molecule has 0 aromatic heterocycles. The molecular formula is C19H28N2O3S. The smallest absolute Gasteiger partial charge is 0.233 e. The Kier molecular flexibility index (Phi) is 4.95. The second-order valence-corrected chi connectivity index (χ2v) is 9.71. The first-order valence-corrected chi connectivity index (χ1v) is 10.9. The van der Waals surface area contributed by atoms with Gasteiger partial charge in [-0.05, 0) is 57.5 Å². The maximum atomic E-state index is 13.4. The van der Waals surface area contributed by atoms with Crippen LogP contribution in [0.5, 0.6) is 0 Å². The fourth-order valence-electron chi connectivity index (χ4n) is 4.13. The minimum absolute atomic E-state index is 0.202. The number of carbonyl (C=O) groups is 1. The summed E-state index contributed by atoms with van der Waals surface area (Å²) >= 11 is 0. The molecule has 1 aliphatic heterocycles. The standard InChI is InChI=1S/C19H28N2O3S/c1-15-14-20(2)12-5-13-21(15)18(22)19(10-4-11-19)16-6-8-17(9-7-16)25(3,23)24/h6-9,15H,4-5,10-14H2,1-3H3. The lowest BCUT2D eigenvalue weighted by Crippen LogP contribution is -2.54. The zero-order valence-electron chi connectivity index (χ0n) is 15.4. The van der Waals surface area contributed by atoms with Crippen LogP contribution in [-0.4, -0.2) is 63.1 Å². The van der Waals surface area contributed by atoms with E-state index in [4.69, 9.17) is 0 Å². The molecule has 1 aromatic rings. The van der Waals surface area contributed by atoms with Crippen molar-refractivity contribution in [2.75, 3.05) is 32.9 Å². The Morgan fingerprint density at radius 3 is 2.28 bits per heavy atom. The highest BCUT2D eigenvalue weighted by molar-refractivity contribution is 7.90. The molecule has 25 heavy (non-hydrogen) atoms. The van der Waals surface area contributed by atoms with Crippen LogP contribution in [-0.2, 0) is 20.0 Å². The van der Waals surface area contributed by atoms with Gasteiger partial charge in [-0.1, -0.05) is 18.6 Å². The second-order valence-electron chi connectivity index (χ2n) is 7.70. The Morgan fingerprint density at radius 2 is 1.76 bits per heavy atom. The van der Waals surface area contributed by atoms with Crippen LogP contribution in [0.3, 0.4) is 0 Å². The molecule has 1 aromatic carbocycles. The third kappa shape index (κ3) is 3.47. The zero-order valence-corrected chi connectivity index (χ0v) is 16.2. The van der Waals surface area contributed by atoms with Crippen LogP contribution in [0.15, 0.2) is 29.2 Å². The molecule has 0 radical (unpaired) electrons. The molecular weight excluding hydrogens is 336 g/mol. The number of carbonyl (C=O) groups excluding carboxylic acids is 1. The van der Waals surface area contributed by atoms with Crippen LogP contribution < -0.4 is 0 Å². The van der Waals surface area contributed by atoms with E-state index in [0.717, 1.165) is 50.9 Å². The molecule has 0 N–H and O–H groups in total. The Morgan fingerprint density at radius 1 is 1.12 bits per heavy atom. The van der Waals surface area contributed by atoms with Gasteiger partial charge in [-0.25, -0.2) is 8.42 Å². The van der Waals surface area contributed by atoms with Gasteiger partial charge in [0, 0.05) is 25.4 Å². The fraction of sp³-hybridized carbons (Fsp3) is 0.632. The SMILES string of the molecule is CC1CN(C)CCCN1C(=O)C1(c2ccc(S(C)(=O)=O)cc2)CCC1. The molecule has 1 atom stereocenters. The highest BCUT2D eigenvalue weighted by Crippen LogP contribution is 2.45. The van der Waals surface area contributed by atoms with Gasteiger partial charge in [0.05, 0.1) is 10.3 Å². The van der Waals surface area contributed by atoms with E-state index >= 15 is 0 Å². The second kappa shape index (κ2) is 6.72. The molecule has 5 nitrogen and oxygen atoms in total. The van der Waals surface area contributed by atoms with Crippen molar-refractivity contribution in [3.05, 3.63) is 29.8 Å². The number of hydrogen-bond acceptors (Lipinski definition) is 4. The predicted octanol–water partition coefficient (Wildman–Crippen LogP) is 2.06. The third-order valence-corrected chi connectivity index (χ3v) is 6.89. The summed E-state index contributed by atoms with van der Waals surface area (Å²) < 4.78 is 23.4. The quantitative estimate of drug-likeness (QED) is 0.824. The van der Waals surface area contributed by atoms with Crippen molar-refractivity contribution in [3.8, 4) is 0 Å². The van der Waals surface area contributed by atoms with Crippen molar-refractivity contribution in [1.29, 1.82) is 0 Å². The first kappa shape index (κ1) is 18.4. The zero-order chi connectivity index (χ0) is 18.2. The average molecular weight is 365 g/mol. The van der Waals surface area contributed by atoms with Crippen molar-refractivity contribution < 1.29 is 13.2 Å². The summed E-state index contributed by atoms with van der Waals surface area (Å²) in [6, 6.07) is 7.15. The van der Waals surface area contributed by atoms with Crippen LogP contribution >= 0.6 is 0 Å². The predicted molar refractivity (Wildman–Crippen MR) is 98.4 cm³/mol. The minimum atomic E-state index is -3.22. The first-order chi connectivity index (χ1) is 11.7. The summed E-state index contributed by atoms with van der Waals surface area (Å²) in [4.78, 5) is 18.1. The topological polar surface area (TPSA) is 57.7 Å². The molecule has 1 heterocycles. The van der Waals surface area contributed by atoms with Gasteiger partial charge in [0.25, 0.3) is 0 Å². The van der Waals surface area contributed by atoms with Gasteiger partial charge in [0.15, 0.2) is 9.84 Å². The Labute approximate surface area is 150 Å². The molecule has 1 unspecified atom stereocenters. The average Bonchev–Trinajstić information content (AvgIpc) is 2.66. The largest absolute Gasteiger partial charge is 0.338 e. The highest BCUT2D eigenvalue weighted by Gasteiger charge is 2.48. The number of rotatable bonds is 3. The summed E-state index contributed by atoms with van der Waals surface area (Å²) in [6.07, 6.45) is 4.95. The Hall–Kier alpha value is -1.40. The van der Waals surface area contributed by atoms with Gasteiger partial charge < -0.3 is 9.80 Å². The van der Waals surface area contributed by atoms with E-state index in [1.165, 1.54) is 6.26 Å². The monoisotopic (exact) mass is 364 g/mol. The summed E-state index contributed by atoms with van der Waals surface area (Å²) in [7, 11) is -1.11. The lowest BCUT2D eigenvalue weighted by atomic mass is 9.63. The molecule has 0 spiro atoms. The Balaban J connectivity index is 1.88. The molecule has 2 aliphatic rings. The van der Waals surface area contributed by atoms with Crippen molar-refractivity contribution in [3.63, 3.8) is 0 Å². The molecule has 3 rings (SSSR count). The maximum Gasteiger partial charge on any atom is 0.233 e. The van der Waals surface area contributed by atoms with Crippen LogP contribution in [0, 0.1) is 0 Å². The normalized spacial score (nSPS) is 24.4. The highest BCUT2D eigenvalue weighted by atomic mass is 32.2. The van der Waals surface area contributed by atoms with E-state index < -0.39 is 15.3 Å².